The van der Waals surface area contributed by atoms with E-state index >= 15 is 0 Å². The molecule has 3 aromatic rings. The first-order valence-electron chi connectivity index (χ1n) is 13.3. The lowest BCUT2D eigenvalue weighted by Crippen LogP contribution is -2.54. The Labute approximate surface area is 236 Å². The van der Waals surface area contributed by atoms with Gasteiger partial charge in [-0.15, -0.1) is 0 Å². The maximum Gasteiger partial charge on any atom is 0.269 e. The third-order valence-electron chi connectivity index (χ3n) is 6.63. The summed E-state index contributed by atoms with van der Waals surface area (Å²) in [7, 11) is -3.96. The molecule has 3 amide bonds. The summed E-state index contributed by atoms with van der Waals surface area (Å²) in [6, 6.07) is 24.3. The van der Waals surface area contributed by atoms with Gasteiger partial charge in [-0.1, -0.05) is 72.8 Å². The molecule has 0 spiro atoms. The van der Waals surface area contributed by atoms with E-state index in [0.717, 1.165) is 15.4 Å². The van der Waals surface area contributed by atoms with Crippen molar-refractivity contribution < 1.29 is 22.8 Å². The van der Waals surface area contributed by atoms with Gasteiger partial charge < -0.3 is 10.2 Å². The van der Waals surface area contributed by atoms with Crippen LogP contribution in [0.3, 0.4) is 0 Å². The second-order valence-electron chi connectivity index (χ2n) is 10.9. The van der Waals surface area contributed by atoms with Crippen molar-refractivity contribution in [1.29, 1.82) is 0 Å². The molecule has 1 aliphatic rings. The fourth-order valence-corrected chi connectivity index (χ4v) is 6.36. The van der Waals surface area contributed by atoms with Crippen molar-refractivity contribution in [3.8, 4) is 0 Å². The van der Waals surface area contributed by atoms with E-state index in [1.807, 2.05) is 81.4 Å². The highest BCUT2D eigenvalue weighted by molar-refractivity contribution is 7.90. The van der Waals surface area contributed by atoms with Crippen molar-refractivity contribution in [2.24, 2.45) is 0 Å². The summed E-state index contributed by atoms with van der Waals surface area (Å²) in [5.74, 6) is -1.15. The first kappa shape index (κ1) is 29.0. The van der Waals surface area contributed by atoms with Crippen LogP contribution in [0.1, 0.15) is 55.1 Å². The van der Waals surface area contributed by atoms with Crippen LogP contribution in [0.15, 0.2) is 89.8 Å². The SMILES string of the molecule is CC(C)(C)NC(=O)[C@@H](Cc1ccccc1)N(Cc1ccccc1)C(=O)CCCN1C(=O)c2ccccc2S1(=O)=O. The standard InChI is InChI=1S/C31H35N3O5S/c1-31(2,3)32-29(36)26(21-23-13-6-4-7-14-23)33(22-24-15-8-5-9-16-24)28(35)19-12-20-34-30(37)25-17-10-11-18-27(25)40(34,38)39/h4-11,13-18,26H,12,19-22H2,1-3H3,(H,32,36)/t26-/m1/s1. The van der Waals surface area contributed by atoms with Crippen molar-refractivity contribution in [2.45, 2.75) is 63.1 Å². The normalized spacial score (nSPS) is 14.9. The Morgan fingerprint density at radius 2 is 1.45 bits per heavy atom. The van der Waals surface area contributed by atoms with E-state index in [1.165, 1.54) is 12.1 Å². The molecule has 1 N–H and O–H groups in total. The highest BCUT2D eigenvalue weighted by Gasteiger charge is 2.40. The number of hydrogen-bond donors (Lipinski definition) is 1. The van der Waals surface area contributed by atoms with E-state index < -0.39 is 27.5 Å². The zero-order valence-electron chi connectivity index (χ0n) is 23.0. The van der Waals surface area contributed by atoms with Gasteiger partial charge in [0.15, 0.2) is 0 Å². The zero-order valence-corrected chi connectivity index (χ0v) is 23.9. The molecule has 0 aliphatic carbocycles. The molecule has 210 valence electrons. The Balaban J connectivity index is 1.56. The Kier molecular flexibility index (Phi) is 8.73. The monoisotopic (exact) mass is 561 g/mol. The Morgan fingerprint density at radius 3 is 2.05 bits per heavy atom. The van der Waals surface area contributed by atoms with Gasteiger partial charge >= 0.3 is 0 Å². The third-order valence-corrected chi connectivity index (χ3v) is 8.47. The molecule has 40 heavy (non-hydrogen) atoms. The number of carbonyl (C=O) groups excluding carboxylic acids is 3. The van der Waals surface area contributed by atoms with E-state index in [-0.39, 0.29) is 48.2 Å². The third kappa shape index (κ3) is 6.77. The molecular formula is C31H35N3O5S. The second-order valence-corrected chi connectivity index (χ2v) is 12.8. The lowest BCUT2D eigenvalue weighted by Gasteiger charge is -2.34. The zero-order chi connectivity index (χ0) is 28.9. The van der Waals surface area contributed by atoms with Crippen LogP contribution in [0.5, 0.6) is 0 Å². The number of benzene rings is 3. The Morgan fingerprint density at radius 1 is 0.875 bits per heavy atom. The number of nitrogens with zero attached hydrogens (tertiary/aromatic N) is 2. The van der Waals surface area contributed by atoms with Crippen molar-refractivity contribution in [3.63, 3.8) is 0 Å². The van der Waals surface area contributed by atoms with Crippen molar-refractivity contribution in [3.05, 3.63) is 102 Å². The smallest absolute Gasteiger partial charge is 0.269 e. The minimum absolute atomic E-state index is 0.0150. The van der Waals surface area contributed by atoms with Gasteiger partial charge in [-0.25, -0.2) is 12.7 Å². The molecule has 0 fully saturated rings. The molecule has 1 aliphatic heterocycles. The van der Waals surface area contributed by atoms with Gasteiger partial charge in [-0.2, -0.15) is 0 Å². The predicted molar refractivity (Wildman–Crippen MR) is 153 cm³/mol. The minimum Gasteiger partial charge on any atom is -0.350 e. The summed E-state index contributed by atoms with van der Waals surface area (Å²) in [6.07, 6.45) is 0.411. The fourth-order valence-electron chi connectivity index (χ4n) is 4.76. The molecule has 3 aromatic carbocycles. The number of rotatable bonds is 10. The maximum absolute atomic E-state index is 13.8. The number of carbonyl (C=O) groups is 3. The Bertz CT molecular complexity index is 1470. The van der Waals surface area contributed by atoms with Gasteiger partial charge in [0.25, 0.3) is 15.9 Å². The van der Waals surface area contributed by atoms with E-state index in [2.05, 4.69) is 5.32 Å². The van der Waals surface area contributed by atoms with Crippen LogP contribution in [0.2, 0.25) is 0 Å². The van der Waals surface area contributed by atoms with Gasteiger partial charge in [-0.05, 0) is 50.5 Å². The van der Waals surface area contributed by atoms with Crippen LogP contribution in [-0.2, 0) is 32.6 Å². The molecule has 0 unspecified atom stereocenters. The van der Waals surface area contributed by atoms with E-state index in [4.69, 9.17) is 0 Å². The Hall–Kier alpha value is -3.98. The summed E-state index contributed by atoms with van der Waals surface area (Å²) >= 11 is 0. The predicted octanol–water partition coefficient (Wildman–Crippen LogP) is 4.17. The first-order chi connectivity index (χ1) is 19.0. The topological polar surface area (TPSA) is 104 Å². The quantitative estimate of drug-likeness (QED) is 0.400. The molecule has 4 rings (SSSR count). The molecule has 8 nitrogen and oxygen atoms in total. The van der Waals surface area contributed by atoms with Gasteiger partial charge in [-0.3, -0.25) is 14.4 Å². The van der Waals surface area contributed by atoms with Crippen LogP contribution < -0.4 is 5.32 Å². The van der Waals surface area contributed by atoms with Gasteiger partial charge in [0, 0.05) is 31.5 Å². The summed E-state index contributed by atoms with van der Waals surface area (Å²) in [4.78, 5) is 41.7. The van der Waals surface area contributed by atoms with E-state index in [9.17, 15) is 22.8 Å². The average molecular weight is 562 g/mol. The van der Waals surface area contributed by atoms with Crippen LogP contribution >= 0.6 is 0 Å². The molecule has 0 bridgehead atoms. The molecule has 1 heterocycles. The van der Waals surface area contributed by atoms with Gasteiger partial charge in [0.05, 0.1) is 5.56 Å². The maximum atomic E-state index is 13.8. The van der Waals surface area contributed by atoms with Crippen LogP contribution in [0.25, 0.3) is 0 Å². The molecule has 9 heteroatoms. The number of amides is 3. The summed E-state index contributed by atoms with van der Waals surface area (Å²) < 4.78 is 26.7. The number of nitrogens with one attached hydrogen (secondary N) is 1. The van der Waals surface area contributed by atoms with Gasteiger partial charge in [0.2, 0.25) is 11.8 Å². The summed E-state index contributed by atoms with van der Waals surface area (Å²) in [6.45, 7) is 5.75. The average Bonchev–Trinajstić information content (AvgIpc) is 3.11. The largest absolute Gasteiger partial charge is 0.350 e. The van der Waals surface area contributed by atoms with Crippen molar-refractivity contribution >= 4 is 27.7 Å². The van der Waals surface area contributed by atoms with Crippen molar-refractivity contribution in [2.75, 3.05) is 6.54 Å². The van der Waals surface area contributed by atoms with Crippen LogP contribution in [-0.4, -0.2) is 53.5 Å². The first-order valence-corrected chi connectivity index (χ1v) is 14.8. The molecular weight excluding hydrogens is 526 g/mol. The molecule has 1 atom stereocenters. The number of sulfonamides is 1. The van der Waals surface area contributed by atoms with Crippen LogP contribution in [0.4, 0.5) is 0 Å². The molecule has 0 radical (unpaired) electrons. The minimum atomic E-state index is -3.96. The highest BCUT2D eigenvalue weighted by Crippen LogP contribution is 2.30. The number of hydrogen-bond acceptors (Lipinski definition) is 5. The molecule has 0 saturated heterocycles. The van der Waals surface area contributed by atoms with Crippen molar-refractivity contribution in [1.82, 2.24) is 14.5 Å². The lowest BCUT2D eigenvalue weighted by molar-refractivity contribution is -0.142. The van der Waals surface area contributed by atoms with E-state index in [0.29, 0.717) is 6.42 Å². The molecule has 0 saturated carbocycles. The summed E-state index contributed by atoms with van der Waals surface area (Å²) in [5.41, 5.74) is 1.41. The lowest BCUT2D eigenvalue weighted by atomic mass is 10.00. The molecule has 0 aromatic heterocycles. The van der Waals surface area contributed by atoms with Gasteiger partial charge in [0.1, 0.15) is 10.9 Å². The second kappa shape index (κ2) is 12.0. The highest BCUT2D eigenvalue weighted by atomic mass is 32.2. The fraction of sp³-hybridized carbons (Fsp3) is 0.323. The van der Waals surface area contributed by atoms with Crippen LogP contribution in [0, 0.1) is 0 Å². The summed E-state index contributed by atoms with van der Waals surface area (Å²) in [5, 5.41) is 3.02. The van der Waals surface area contributed by atoms with E-state index in [1.54, 1.807) is 17.0 Å². The number of fused-ring (bicyclic) bond motifs is 1.